The number of benzene rings is 2. The second kappa shape index (κ2) is 5.36. The van der Waals surface area contributed by atoms with Gasteiger partial charge in [0.1, 0.15) is 5.52 Å². The predicted octanol–water partition coefficient (Wildman–Crippen LogP) is 3.07. The Balaban J connectivity index is 2.07. The van der Waals surface area contributed by atoms with Crippen molar-refractivity contribution >= 4 is 17.0 Å². The molecule has 0 aliphatic rings. The Kier molecular flexibility index (Phi) is 3.39. The van der Waals surface area contributed by atoms with Crippen molar-refractivity contribution in [2.45, 2.75) is 19.8 Å². The minimum atomic E-state index is -0.956. The molecule has 0 spiro atoms. The molecule has 21 heavy (non-hydrogen) atoms. The van der Waals surface area contributed by atoms with Gasteiger partial charge in [-0.15, -0.1) is 5.10 Å². The maximum Gasteiger partial charge on any atom is 0.335 e. The first-order valence-electron chi connectivity index (χ1n) is 6.87. The van der Waals surface area contributed by atoms with E-state index < -0.39 is 5.97 Å². The average Bonchev–Trinajstić information content (AvgIpc) is 2.91. The van der Waals surface area contributed by atoms with Gasteiger partial charge in [0.2, 0.25) is 0 Å². The number of hydrogen-bond acceptors (Lipinski definition) is 3. The maximum atomic E-state index is 11.1. The minimum Gasteiger partial charge on any atom is -0.478 e. The Labute approximate surface area is 121 Å². The van der Waals surface area contributed by atoms with Crippen LogP contribution in [0.5, 0.6) is 0 Å². The number of carboxylic acid groups (broad SMARTS) is 1. The molecule has 0 unspecified atom stereocenters. The molecule has 5 heteroatoms. The number of nitrogens with zero attached hydrogens (tertiary/aromatic N) is 3. The highest BCUT2D eigenvalue weighted by atomic mass is 16.4. The van der Waals surface area contributed by atoms with Crippen LogP contribution in [0.4, 0.5) is 0 Å². The van der Waals surface area contributed by atoms with Crippen LogP contribution >= 0.6 is 0 Å². The maximum absolute atomic E-state index is 11.1. The van der Waals surface area contributed by atoms with Gasteiger partial charge in [0.25, 0.3) is 0 Å². The summed E-state index contributed by atoms with van der Waals surface area (Å²) < 4.78 is 1.66. The highest BCUT2D eigenvalue weighted by Gasteiger charge is 2.10. The third kappa shape index (κ3) is 2.50. The molecule has 0 saturated heterocycles. The molecule has 106 valence electrons. The highest BCUT2D eigenvalue weighted by Crippen LogP contribution is 2.18. The van der Waals surface area contributed by atoms with Crippen molar-refractivity contribution in [2.75, 3.05) is 0 Å². The van der Waals surface area contributed by atoms with Crippen LogP contribution < -0.4 is 0 Å². The lowest BCUT2D eigenvalue weighted by Crippen LogP contribution is -1.99. The smallest absolute Gasteiger partial charge is 0.335 e. The largest absolute Gasteiger partial charge is 0.478 e. The van der Waals surface area contributed by atoms with Gasteiger partial charge >= 0.3 is 5.97 Å². The van der Waals surface area contributed by atoms with Crippen molar-refractivity contribution in [1.29, 1.82) is 0 Å². The lowest BCUT2D eigenvalue weighted by molar-refractivity contribution is 0.0697. The number of fused-ring (bicyclic) bond motifs is 1. The Morgan fingerprint density at radius 2 is 1.95 bits per heavy atom. The van der Waals surface area contributed by atoms with Gasteiger partial charge in [-0.25, -0.2) is 9.48 Å². The van der Waals surface area contributed by atoms with E-state index in [1.807, 2.05) is 12.1 Å². The van der Waals surface area contributed by atoms with E-state index in [2.05, 4.69) is 29.4 Å². The normalized spacial score (nSPS) is 10.9. The topological polar surface area (TPSA) is 68.0 Å². The number of aromatic carboxylic acids is 1. The van der Waals surface area contributed by atoms with E-state index in [1.165, 1.54) is 11.6 Å². The molecule has 3 rings (SSSR count). The summed E-state index contributed by atoms with van der Waals surface area (Å²) in [5.41, 5.74) is 3.75. The van der Waals surface area contributed by atoms with Crippen molar-refractivity contribution < 1.29 is 9.90 Å². The third-order valence-corrected chi connectivity index (χ3v) is 3.41. The third-order valence-electron chi connectivity index (χ3n) is 3.41. The van der Waals surface area contributed by atoms with Crippen molar-refractivity contribution in [2.24, 2.45) is 0 Å². The lowest BCUT2D eigenvalue weighted by atomic mass is 10.1. The molecule has 0 radical (unpaired) electrons. The monoisotopic (exact) mass is 281 g/mol. The van der Waals surface area contributed by atoms with Crippen molar-refractivity contribution in [1.82, 2.24) is 15.0 Å². The molecular weight excluding hydrogens is 266 g/mol. The Bertz CT molecular complexity index is 791. The summed E-state index contributed by atoms with van der Waals surface area (Å²) >= 11 is 0. The molecular formula is C16H15N3O2. The van der Waals surface area contributed by atoms with Gasteiger partial charge in [0, 0.05) is 0 Å². The van der Waals surface area contributed by atoms with Crippen molar-refractivity contribution in [3.63, 3.8) is 0 Å². The van der Waals surface area contributed by atoms with Crippen LogP contribution in [0, 0.1) is 0 Å². The van der Waals surface area contributed by atoms with E-state index in [0.29, 0.717) is 11.0 Å². The zero-order chi connectivity index (χ0) is 14.8. The van der Waals surface area contributed by atoms with E-state index in [4.69, 9.17) is 5.11 Å². The molecule has 0 saturated carbocycles. The number of rotatable bonds is 4. The summed E-state index contributed by atoms with van der Waals surface area (Å²) in [4.78, 5) is 11.1. The molecule has 0 bridgehead atoms. The zero-order valence-electron chi connectivity index (χ0n) is 11.7. The van der Waals surface area contributed by atoms with Gasteiger partial charge in [-0.1, -0.05) is 30.7 Å². The summed E-state index contributed by atoms with van der Waals surface area (Å²) in [6.07, 6.45) is 2.15. The molecule has 1 heterocycles. The van der Waals surface area contributed by atoms with Crippen LogP contribution in [0.3, 0.4) is 0 Å². The summed E-state index contributed by atoms with van der Waals surface area (Å²) in [5.74, 6) is -0.956. The number of aromatic nitrogens is 3. The average molecular weight is 281 g/mol. The first-order chi connectivity index (χ1) is 10.2. The Hall–Kier alpha value is -2.69. The van der Waals surface area contributed by atoms with E-state index in [-0.39, 0.29) is 5.56 Å². The molecule has 0 aliphatic carbocycles. The van der Waals surface area contributed by atoms with E-state index >= 15 is 0 Å². The summed E-state index contributed by atoms with van der Waals surface area (Å²) in [5, 5.41) is 17.3. The molecule has 3 aromatic rings. The van der Waals surface area contributed by atoms with E-state index in [1.54, 1.807) is 16.8 Å². The minimum absolute atomic E-state index is 0.230. The van der Waals surface area contributed by atoms with Gasteiger partial charge in [0.15, 0.2) is 0 Å². The summed E-state index contributed by atoms with van der Waals surface area (Å²) in [6, 6.07) is 12.9. The Morgan fingerprint density at radius 3 is 2.62 bits per heavy atom. The summed E-state index contributed by atoms with van der Waals surface area (Å²) in [7, 11) is 0. The zero-order valence-corrected chi connectivity index (χ0v) is 11.7. The number of hydrogen-bond donors (Lipinski definition) is 1. The standard InChI is InChI=1S/C16H15N3O2/c1-2-3-11-4-7-13(8-5-11)19-15-10-12(16(20)21)6-9-14(15)17-18-19/h4-10H,2-3H2,1H3,(H,20,21). The lowest BCUT2D eigenvalue weighted by Gasteiger charge is -2.04. The van der Waals surface area contributed by atoms with Crippen molar-refractivity contribution in [3.05, 3.63) is 53.6 Å². The second-order valence-corrected chi connectivity index (χ2v) is 4.93. The SMILES string of the molecule is CCCc1ccc(-n2nnc3ccc(C(=O)O)cc32)cc1. The fraction of sp³-hybridized carbons (Fsp3) is 0.188. The first kappa shape index (κ1) is 13.3. The molecule has 0 amide bonds. The predicted molar refractivity (Wildman–Crippen MR) is 79.8 cm³/mol. The molecule has 2 aromatic carbocycles. The van der Waals surface area contributed by atoms with Crippen LogP contribution in [0.2, 0.25) is 0 Å². The fourth-order valence-corrected chi connectivity index (χ4v) is 2.33. The molecule has 0 atom stereocenters. The second-order valence-electron chi connectivity index (χ2n) is 4.93. The number of aryl methyl sites for hydroxylation is 1. The van der Waals surface area contributed by atoms with Crippen LogP contribution in [0.15, 0.2) is 42.5 Å². The van der Waals surface area contributed by atoms with Crippen LogP contribution in [-0.4, -0.2) is 26.1 Å². The van der Waals surface area contributed by atoms with E-state index in [9.17, 15) is 4.79 Å². The van der Waals surface area contributed by atoms with Crippen LogP contribution in [0.1, 0.15) is 29.3 Å². The van der Waals surface area contributed by atoms with Crippen LogP contribution in [-0.2, 0) is 6.42 Å². The van der Waals surface area contributed by atoms with E-state index in [0.717, 1.165) is 18.5 Å². The number of carboxylic acids is 1. The van der Waals surface area contributed by atoms with Crippen LogP contribution in [0.25, 0.3) is 16.7 Å². The van der Waals surface area contributed by atoms with Gasteiger partial charge in [-0.3, -0.25) is 0 Å². The molecule has 5 nitrogen and oxygen atoms in total. The van der Waals surface area contributed by atoms with Gasteiger partial charge < -0.3 is 5.11 Å². The fourth-order valence-electron chi connectivity index (χ4n) is 2.33. The first-order valence-corrected chi connectivity index (χ1v) is 6.87. The van der Waals surface area contributed by atoms with Crippen molar-refractivity contribution in [3.8, 4) is 5.69 Å². The molecule has 1 N–H and O–H groups in total. The Morgan fingerprint density at radius 1 is 1.19 bits per heavy atom. The number of carbonyl (C=O) groups is 1. The van der Waals surface area contributed by atoms with Gasteiger partial charge in [0.05, 0.1) is 16.8 Å². The quantitative estimate of drug-likeness (QED) is 0.798. The highest BCUT2D eigenvalue weighted by molar-refractivity contribution is 5.92. The summed E-state index contributed by atoms with van der Waals surface area (Å²) in [6.45, 7) is 2.15. The van der Waals surface area contributed by atoms with Gasteiger partial charge in [-0.05, 0) is 42.3 Å². The molecule has 1 aromatic heterocycles. The van der Waals surface area contributed by atoms with Gasteiger partial charge in [-0.2, -0.15) is 0 Å². The molecule has 0 aliphatic heterocycles. The molecule has 0 fully saturated rings.